The predicted octanol–water partition coefficient (Wildman–Crippen LogP) is 8.95. The van der Waals surface area contributed by atoms with Crippen molar-refractivity contribution in [3.05, 3.63) is 94.9 Å². The number of fused-ring (bicyclic) bond motifs is 1. The summed E-state index contributed by atoms with van der Waals surface area (Å²) in [7, 11) is 1.74. The van der Waals surface area contributed by atoms with E-state index in [1.807, 2.05) is 20.1 Å². The number of methoxy groups -OCH3 is 1. The zero-order chi connectivity index (χ0) is 31.2. The third kappa shape index (κ3) is 8.87. The molecular formula is C38H53N3O2. The first kappa shape index (κ1) is 34.2. The summed E-state index contributed by atoms with van der Waals surface area (Å²) >= 11 is 0. The Morgan fingerprint density at radius 3 is 2.60 bits per heavy atom. The summed E-state index contributed by atoms with van der Waals surface area (Å²) in [5.41, 5.74) is 10.2. The lowest BCUT2D eigenvalue weighted by Crippen LogP contribution is -2.56. The van der Waals surface area contributed by atoms with Gasteiger partial charge in [0.25, 0.3) is 0 Å². The van der Waals surface area contributed by atoms with Crippen LogP contribution in [0, 0.1) is 5.41 Å². The Balaban J connectivity index is 0.00000248. The lowest BCUT2D eigenvalue weighted by Gasteiger charge is -2.47. The van der Waals surface area contributed by atoms with Gasteiger partial charge in [-0.25, -0.2) is 0 Å². The number of hydrogen-bond donors (Lipinski definition) is 0. The molecule has 0 bridgehead atoms. The third-order valence-corrected chi connectivity index (χ3v) is 8.33. The molecule has 1 aromatic carbocycles. The maximum absolute atomic E-state index is 5.67. The van der Waals surface area contributed by atoms with Crippen LogP contribution in [0.25, 0.3) is 5.57 Å². The van der Waals surface area contributed by atoms with E-state index in [9.17, 15) is 0 Å². The fourth-order valence-electron chi connectivity index (χ4n) is 6.37. The van der Waals surface area contributed by atoms with Gasteiger partial charge in [0.1, 0.15) is 5.75 Å². The Hall–Kier alpha value is -3.28. The Bertz CT molecular complexity index is 1310. The molecule has 5 heteroatoms. The van der Waals surface area contributed by atoms with Gasteiger partial charge in [0.2, 0.25) is 0 Å². The molecule has 0 saturated carbocycles. The van der Waals surface area contributed by atoms with Gasteiger partial charge in [-0.1, -0.05) is 51.6 Å². The highest BCUT2D eigenvalue weighted by atomic mass is 16.5. The van der Waals surface area contributed by atoms with Crippen molar-refractivity contribution in [2.45, 2.75) is 73.6 Å². The second-order valence-corrected chi connectivity index (χ2v) is 11.3. The molecule has 2 heterocycles. The number of nitrogens with zero attached hydrogens (tertiary/aromatic N) is 3. The Kier molecular flexibility index (Phi) is 13.6. The maximum Gasteiger partial charge on any atom is 0.119 e. The van der Waals surface area contributed by atoms with Crippen LogP contribution in [0.1, 0.15) is 78.4 Å². The lowest BCUT2D eigenvalue weighted by molar-refractivity contribution is -0.000246. The number of rotatable bonds is 11. The molecule has 0 amide bonds. The minimum absolute atomic E-state index is 0.385. The van der Waals surface area contributed by atoms with Crippen molar-refractivity contribution in [1.29, 1.82) is 0 Å². The SMILES string of the molecule is C=CN=C/C=C(\CC)C1=C(C(/C=C\C)=C/C(C)=N/C(=C\C)CN2CC3(CCOC3)C2)c2ccc(OC)cc2CCC1.CC. The molecule has 2 saturated heterocycles. The highest BCUT2D eigenvalue weighted by Gasteiger charge is 2.45. The molecule has 1 aliphatic carbocycles. The van der Waals surface area contributed by atoms with Crippen LogP contribution in [0.3, 0.4) is 0 Å². The number of aryl methyl sites for hydroxylation is 1. The molecule has 0 aromatic heterocycles. The second-order valence-electron chi connectivity index (χ2n) is 11.3. The van der Waals surface area contributed by atoms with Crippen LogP contribution in [0.4, 0.5) is 0 Å². The molecule has 2 fully saturated rings. The van der Waals surface area contributed by atoms with Crippen LogP contribution in [0.15, 0.2) is 93.8 Å². The monoisotopic (exact) mass is 583 g/mol. The molecule has 43 heavy (non-hydrogen) atoms. The average Bonchev–Trinajstić information content (AvgIpc) is 3.42. The Labute approximate surface area is 261 Å². The number of likely N-dealkylation sites (tertiary alicyclic amines) is 1. The van der Waals surface area contributed by atoms with Crippen molar-refractivity contribution in [3.63, 3.8) is 0 Å². The van der Waals surface area contributed by atoms with Crippen molar-refractivity contribution in [3.8, 4) is 5.75 Å². The largest absolute Gasteiger partial charge is 0.497 e. The van der Waals surface area contributed by atoms with Gasteiger partial charge in [0.15, 0.2) is 0 Å². The van der Waals surface area contributed by atoms with Gasteiger partial charge >= 0.3 is 0 Å². The van der Waals surface area contributed by atoms with Gasteiger partial charge in [-0.2, -0.15) is 0 Å². The van der Waals surface area contributed by atoms with Crippen LogP contribution in [0.2, 0.25) is 0 Å². The number of allylic oxidation sites excluding steroid dienone is 9. The summed E-state index contributed by atoms with van der Waals surface area (Å²) in [6, 6.07) is 6.51. The van der Waals surface area contributed by atoms with E-state index in [1.54, 1.807) is 13.3 Å². The van der Waals surface area contributed by atoms with Crippen molar-refractivity contribution < 1.29 is 9.47 Å². The normalized spacial score (nSPS) is 19.8. The van der Waals surface area contributed by atoms with E-state index in [0.717, 1.165) is 75.7 Å². The van der Waals surface area contributed by atoms with Crippen LogP contribution in [0.5, 0.6) is 5.75 Å². The fourth-order valence-corrected chi connectivity index (χ4v) is 6.37. The van der Waals surface area contributed by atoms with E-state index in [2.05, 4.69) is 92.7 Å². The summed E-state index contributed by atoms with van der Waals surface area (Å²) in [6.45, 7) is 21.2. The van der Waals surface area contributed by atoms with Crippen LogP contribution >= 0.6 is 0 Å². The van der Waals surface area contributed by atoms with Gasteiger partial charge in [-0.15, -0.1) is 0 Å². The Morgan fingerprint density at radius 1 is 1.19 bits per heavy atom. The summed E-state index contributed by atoms with van der Waals surface area (Å²) < 4.78 is 11.3. The van der Waals surface area contributed by atoms with Gasteiger partial charge in [-0.05, 0) is 111 Å². The zero-order valence-corrected chi connectivity index (χ0v) is 27.7. The molecule has 0 unspecified atom stereocenters. The van der Waals surface area contributed by atoms with E-state index in [-0.39, 0.29) is 0 Å². The van der Waals surface area contributed by atoms with Crippen molar-refractivity contribution in [2.24, 2.45) is 15.4 Å². The summed E-state index contributed by atoms with van der Waals surface area (Å²) in [4.78, 5) is 11.9. The number of aliphatic imine (C=N–C) groups is 2. The molecule has 3 aliphatic rings. The van der Waals surface area contributed by atoms with E-state index in [0.29, 0.717) is 5.41 Å². The van der Waals surface area contributed by atoms with Gasteiger partial charge in [0, 0.05) is 49.8 Å². The molecule has 4 rings (SSSR count). The first-order chi connectivity index (χ1) is 21.0. The number of hydrogen-bond acceptors (Lipinski definition) is 5. The lowest BCUT2D eigenvalue weighted by atomic mass is 9.79. The van der Waals surface area contributed by atoms with Crippen LogP contribution in [-0.2, 0) is 11.2 Å². The second kappa shape index (κ2) is 17.1. The molecule has 5 nitrogen and oxygen atoms in total. The molecule has 0 N–H and O–H groups in total. The molecule has 232 valence electrons. The average molecular weight is 584 g/mol. The van der Waals surface area contributed by atoms with Gasteiger partial charge in [0.05, 0.1) is 19.4 Å². The summed E-state index contributed by atoms with van der Waals surface area (Å²) in [5, 5.41) is 0. The minimum atomic E-state index is 0.385. The molecule has 0 atom stereocenters. The predicted molar refractivity (Wildman–Crippen MR) is 185 cm³/mol. The molecule has 1 aromatic rings. The first-order valence-corrected chi connectivity index (χ1v) is 16.0. The molecule has 1 spiro atoms. The fraction of sp³-hybridized carbons (Fsp3) is 0.474. The smallest absolute Gasteiger partial charge is 0.119 e. The van der Waals surface area contributed by atoms with Crippen LogP contribution < -0.4 is 4.74 Å². The van der Waals surface area contributed by atoms with E-state index < -0.39 is 0 Å². The molecule has 2 aliphatic heterocycles. The van der Waals surface area contributed by atoms with E-state index in [1.165, 1.54) is 39.8 Å². The van der Waals surface area contributed by atoms with Gasteiger partial charge in [-0.3, -0.25) is 14.9 Å². The van der Waals surface area contributed by atoms with Crippen molar-refractivity contribution >= 4 is 17.5 Å². The number of benzene rings is 1. The molecular weight excluding hydrogens is 530 g/mol. The van der Waals surface area contributed by atoms with Crippen LogP contribution in [-0.4, -0.2) is 56.8 Å². The third-order valence-electron chi connectivity index (χ3n) is 8.33. The first-order valence-electron chi connectivity index (χ1n) is 16.0. The summed E-state index contributed by atoms with van der Waals surface area (Å²) in [6.07, 6.45) is 19.6. The number of ether oxygens (including phenoxy) is 2. The minimum Gasteiger partial charge on any atom is -0.497 e. The van der Waals surface area contributed by atoms with Crippen molar-refractivity contribution in [2.75, 3.05) is 40.0 Å². The Morgan fingerprint density at radius 2 is 1.98 bits per heavy atom. The quantitative estimate of drug-likeness (QED) is 0.193. The highest BCUT2D eigenvalue weighted by molar-refractivity contribution is 6.00. The zero-order valence-electron chi connectivity index (χ0n) is 27.7. The summed E-state index contributed by atoms with van der Waals surface area (Å²) in [5.74, 6) is 0.903. The van der Waals surface area contributed by atoms with Gasteiger partial charge < -0.3 is 9.47 Å². The maximum atomic E-state index is 5.67. The van der Waals surface area contributed by atoms with E-state index >= 15 is 0 Å². The van der Waals surface area contributed by atoms with Crippen molar-refractivity contribution in [1.82, 2.24) is 4.90 Å². The highest BCUT2D eigenvalue weighted by Crippen LogP contribution is 2.41. The standard InChI is InChI=1S/C36H47N3O2.C2H6/c1-7-12-30(21-27(5)38-31(9-3)23-39-24-36(25-39)18-20-41-26-36)35-33(28(8-2)17-19-37-10-4)14-11-13-29-22-32(40-6)15-16-34(29)35;1-2/h7,9-10,12,15-17,19,21-22H,4,8,11,13-14,18,20,23-26H2,1-3,5-6H3;1-2H3/b12-7-,28-17+,30-21+,31-9-,37-19?,38-27+;. The molecule has 0 radical (unpaired) electrons. The van der Waals surface area contributed by atoms with E-state index in [4.69, 9.17) is 14.5 Å². The topological polar surface area (TPSA) is 46.4 Å².